The molecule has 0 saturated heterocycles. The summed E-state index contributed by atoms with van der Waals surface area (Å²) in [5, 5.41) is 0. The molecule has 5 heteroatoms. The number of rotatable bonds is 1. The molecule has 1 aromatic heterocycles. The topological polar surface area (TPSA) is 51.7 Å². The van der Waals surface area contributed by atoms with Gasteiger partial charge in [-0.25, -0.2) is 9.78 Å². The fourth-order valence-corrected chi connectivity index (χ4v) is 2.54. The average molecular weight is 290 g/mol. The Hall–Kier alpha value is -1.78. The summed E-state index contributed by atoms with van der Waals surface area (Å²) in [6.45, 7) is 6.54. The molecule has 114 valence electrons. The van der Waals surface area contributed by atoms with Crippen LogP contribution in [0.15, 0.2) is 12.1 Å². The molecule has 2 heterocycles. The highest BCUT2D eigenvalue weighted by atomic mass is 16.6. The van der Waals surface area contributed by atoms with E-state index in [9.17, 15) is 4.79 Å². The lowest BCUT2D eigenvalue weighted by Crippen LogP contribution is -2.42. The molecule has 5 nitrogen and oxygen atoms in total. The second-order valence-electron chi connectivity index (χ2n) is 6.67. The molecule has 1 saturated carbocycles. The monoisotopic (exact) mass is 290 g/mol. The Labute approximate surface area is 125 Å². The summed E-state index contributed by atoms with van der Waals surface area (Å²) >= 11 is 0. The molecule has 1 amide bonds. The zero-order chi connectivity index (χ0) is 15.0. The summed E-state index contributed by atoms with van der Waals surface area (Å²) < 4.78 is 11.1. The van der Waals surface area contributed by atoms with E-state index in [4.69, 9.17) is 9.47 Å². The maximum absolute atomic E-state index is 12.3. The van der Waals surface area contributed by atoms with Gasteiger partial charge in [-0.1, -0.05) is 6.42 Å². The van der Waals surface area contributed by atoms with Crippen LogP contribution in [0.3, 0.4) is 0 Å². The first-order chi connectivity index (χ1) is 9.94. The number of hydrogen-bond donors (Lipinski definition) is 0. The van der Waals surface area contributed by atoms with Crippen LogP contribution in [0.4, 0.5) is 10.6 Å². The standard InChI is InChI=1S/C16H22N2O3/c1-16(2,3)21-15(19)18-9-10-20-13-8-7-12(17-14(13)18)11-5-4-6-11/h7-8,11H,4-6,9-10H2,1-3H3. The minimum absolute atomic E-state index is 0.356. The van der Waals surface area contributed by atoms with E-state index in [2.05, 4.69) is 4.98 Å². The number of ether oxygens (including phenoxy) is 2. The number of hydrogen-bond acceptors (Lipinski definition) is 4. The number of fused-ring (bicyclic) bond motifs is 1. The Balaban J connectivity index is 1.86. The van der Waals surface area contributed by atoms with Gasteiger partial charge in [0.2, 0.25) is 0 Å². The van der Waals surface area contributed by atoms with E-state index in [1.54, 1.807) is 4.90 Å². The van der Waals surface area contributed by atoms with Gasteiger partial charge < -0.3 is 9.47 Å². The quantitative estimate of drug-likeness (QED) is 0.794. The maximum Gasteiger partial charge on any atom is 0.416 e. The Morgan fingerprint density at radius 1 is 1.38 bits per heavy atom. The Kier molecular flexibility index (Phi) is 3.51. The van der Waals surface area contributed by atoms with E-state index < -0.39 is 5.60 Å². The Morgan fingerprint density at radius 2 is 2.14 bits per heavy atom. The van der Waals surface area contributed by atoms with E-state index in [1.807, 2.05) is 32.9 Å². The molecule has 1 aliphatic carbocycles. The summed E-state index contributed by atoms with van der Waals surface area (Å²) in [6, 6.07) is 3.94. The highest BCUT2D eigenvalue weighted by Crippen LogP contribution is 2.39. The van der Waals surface area contributed by atoms with E-state index >= 15 is 0 Å². The van der Waals surface area contributed by atoms with Crippen molar-refractivity contribution < 1.29 is 14.3 Å². The highest BCUT2D eigenvalue weighted by Gasteiger charge is 2.31. The van der Waals surface area contributed by atoms with Gasteiger partial charge >= 0.3 is 6.09 Å². The molecule has 0 spiro atoms. The van der Waals surface area contributed by atoms with Gasteiger partial charge in [0.25, 0.3) is 0 Å². The molecule has 0 N–H and O–H groups in total. The van der Waals surface area contributed by atoms with Crippen molar-refractivity contribution in [2.45, 2.75) is 51.6 Å². The van der Waals surface area contributed by atoms with Gasteiger partial charge in [0.05, 0.1) is 6.54 Å². The van der Waals surface area contributed by atoms with Gasteiger partial charge in [-0.3, -0.25) is 4.90 Å². The molecule has 1 aromatic rings. The summed E-state index contributed by atoms with van der Waals surface area (Å²) in [5.74, 6) is 1.78. The zero-order valence-electron chi connectivity index (χ0n) is 12.9. The number of pyridine rings is 1. The normalized spacial score (nSPS) is 18.5. The minimum atomic E-state index is -0.513. The molecule has 21 heavy (non-hydrogen) atoms. The van der Waals surface area contributed by atoms with Crippen LogP contribution in [-0.2, 0) is 4.74 Å². The third kappa shape index (κ3) is 2.96. The van der Waals surface area contributed by atoms with Crippen LogP contribution < -0.4 is 9.64 Å². The molecule has 0 bridgehead atoms. The van der Waals surface area contributed by atoms with Crippen molar-refractivity contribution in [2.75, 3.05) is 18.1 Å². The zero-order valence-corrected chi connectivity index (χ0v) is 12.9. The van der Waals surface area contributed by atoms with Crippen LogP contribution in [0.2, 0.25) is 0 Å². The fourth-order valence-electron chi connectivity index (χ4n) is 2.54. The number of carbonyl (C=O) groups excluding carboxylic acids is 1. The second-order valence-corrected chi connectivity index (χ2v) is 6.67. The van der Waals surface area contributed by atoms with Crippen LogP contribution in [0.25, 0.3) is 0 Å². The molecule has 0 atom stereocenters. The minimum Gasteiger partial charge on any atom is -0.488 e. The van der Waals surface area contributed by atoms with Crippen LogP contribution in [0.5, 0.6) is 5.75 Å². The van der Waals surface area contributed by atoms with Crippen LogP contribution in [0, 0.1) is 0 Å². The fraction of sp³-hybridized carbons (Fsp3) is 0.625. The van der Waals surface area contributed by atoms with E-state index in [-0.39, 0.29) is 6.09 Å². The van der Waals surface area contributed by atoms with E-state index in [1.165, 1.54) is 19.3 Å². The molecule has 3 rings (SSSR count). The first-order valence-corrected chi connectivity index (χ1v) is 7.58. The van der Waals surface area contributed by atoms with Crippen LogP contribution in [0.1, 0.15) is 51.6 Å². The van der Waals surface area contributed by atoms with Crippen molar-refractivity contribution >= 4 is 11.9 Å². The van der Waals surface area contributed by atoms with E-state index in [0.717, 1.165) is 5.69 Å². The number of amides is 1. The summed E-state index contributed by atoms with van der Waals surface area (Å²) in [5.41, 5.74) is 0.542. The first kappa shape index (κ1) is 14.2. The summed E-state index contributed by atoms with van der Waals surface area (Å²) in [7, 11) is 0. The Morgan fingerprint density at radius 3 is 2.76 bits per heavy atom. The van der Waals surface area contributed by atoms with Crippen molar-refractivity contribution in [1.29, 1.82) is 0 Å². The average Bonchev–Trinajstić information content (AvgIpc) is 2.33. The van der Waals surface area contributed by atoms with Crippen LogP contribution >= 0.6 is 0 Å². The SMILES string of the molecule is CC(C)(C)OC(=O)N1CCOc2ccc(C3CCC3)nc21. The number of carbonyl (C=O) groups is 1. The molecular weight excluding hydrogens is 268 g/mol. The van der Waals surface area contributed by atoms with Crippen LogP contribution in [-0.4, -0.2) is 29.8 Å². The third-order valence-electron chi connectivity index (χ3n) is 3.83. The number of aromatic nitrogens is 1. The molecule has 1 fully saturated rings. The van der Waals surface area contributed by atoms with Gasteiger partial charge in [0, 0.05) is 11.6 Å². The van der Waals surface area contributed by atoms with Gasteiger partial charge in [-0.2, -0.15) is 0 Å². The molecule has 2 aliphatic rings. The van der Waals surface area contributed by atoms with Gasteiger partial charge in [-0.05, 0) is 45.7 Å². The third-order valence-corrected chi connectivity index (χ3v) is 3.83. The number of anilines is 1. The van der Waals surface area contributed by atoms with Gasteiger partial charge in [0.1, 0.15) is 12.2 Å². The maximum atomic E-state index is 12.3. The van der Waals surface area contributed by atoms with Crippen molar-refractivity contribution in [3.8, 4) is 5.75 Å². The Bertz CT molecular complexity index is 547. The predicted octanol–water partition coefficient (Wildman–Crippen LogP) is 3.48. The van der Waals surface area contributed by atoms with E-state index in [0.29, 0.717) is 30.6 Å². The smallest absolute Gasteiger partial charge is 0.416 e. The first-order valence-electron chi connectivity index (χ1n) is 7.58. The molecule has 0 unspecified atom stereocenters. The largest absolute Gasteiger partial charge is 0.488 e. The molecule has 1 aliphatic heterocycles. The highest BCUT2D eigenvalue weighted by molar-refractivity contribution is 5.89. The summed E-state index contributed by atoms with van der Waals surface area (Å²) in [4.78, 5) is 18.6. The summed E-state index contributed by atoms with van der Waals surface area (Å²) in [6.07, 6.45) is 3.26. The molecular formula is C16H22N2O3. The van der Waals surface area contributed by atoms with Crippen molar-refractivity contribution in [2.24, 2.45) is 0 Å². The number of nitrogens with zero attached hydrogens (tertiary/aromatic N) is 2. The second kappa shape index (κ2) is 5.20. The molecule has 0 radical (unpaired) electrons. The lowest BCUT2D eigenvalue weighted by Gasteiger charge is -2.32. The predicted molar refractivity (Wildman–Crippen MR) is 79.9 cm³/mol. The van der Waals surface area contributed by atoms with Crippen molar-refractivity contribution in [3.63, 3.8) is 0 Å². The lowest BCUT2D eigenvalue weighted by molar-refractivity contribution is 0.0566. The van der Waals surface area contributed by atoms with Crippen molar-refractivity contribution in [1.82, 2.24) is 4.98 Å². The lowest BCUT2D eigenvalue weighted by atomic mass is 9.83. The van der Waals surface area contributed by atoms with Crippen molar-refractivity contribution in [3.05, 3.63) is 17.8 Å². The van der Waals surface area contributed by atoms with Gasteiger partial charge in [0.15, 0.2) is 11.6 Å². The van der Waals surface area contributed by atoms with Gasteiger partial charge in [-0.15, -0.1) is 0 Å². The molecule has 0 aromatic carbocycles.